The van der Waals surface area contributed by atoms with E-state index in [1.807, 2.05) is 12.3 Å². The van der Waals surface area contributed by atoms with Gasteiger partial charge in [0.25, 0.3) is 0 Å². The highest BCUT2D eigenvalue weighted by atomic mass is 32.2. The maximum atomic E-state index is 12.3. The number of aromatic nitrogens is 3. The monoisotopic (exact) mass is 322 g/mol. The van der Waals surface area contributed by atoms with Gasteiger partial charge < -0.3 is 5.11 Å². The lowest BCUT2D eigenvalue weighted by Gasteiger charge is -2.16. The smallest absolute Gasteiger partial charge is 0.242 e. The third-order valence-corrected chi connectivity index (χ3v) is 5.36. The Labute approximate surface area is 129 Å². The first-order valence-corrected chi connectivity index (χ1v) is 8.61. The van der Waals surface area contributed by atoms with Crippen LogP contribution in [-0.2, 0) is 16.6 Å². The van der Waals surface area contributed by atoms with Gasteiger partial charge in [0.1, 0.15) is 4.90 Å². The second-order valence-electron chi connectivity index (χ2n) is 5.55. The fourth-order valence-electron chi connectivity index (χ4n) is 2.84. The largest absolute Gasteiger partial charge is 0.391 e. The minimum atomic E-state index is -3.66. The molecule has 1 fully saturated rings. The molecule has 0 amide bonds. The summed E-state index contributed by atoms with van der Waals surface area (Å²) in [6.45, 7) is 0.676. The van der Waals surface area contributed by atoms with E-state index in [4.69, 9.17) is 0 Å². The Morgan fingerprint density at radius 3 is 2.86 bits per heavy atom. The van der Waals surface area contributed by atoms with Crippen molar-refractivity contribution >= 4 is 10.0 Å². The summed E-state index contributed by atoms with van der Waals surface area (Å²) in [4.78, 5) is 3.93. The van der Waals surface area contributed by atoms with Crippen molar-refractivity contribution in [3.63, 3.8) is 0 Å². The van der Waals surface area contributed by atoms with E-state index in [0.717, 1.165) is 0 Å². The van der Waals surface area contributed by atoms with E-state index in [0.29, 0.717) is 19.4 Å². The molecule has 0 aromatic carbocycles. The van der Waals surface area contributed by atoms with Gasteiger partial charge in [-0.05, 0) is 37.0 Å². The van der Waals surface area contributed by atoms with Crippen LogP contribution in [0.1, 0.15) is 12.8 Å². The summed E-state index contributed by atoms with van der Waals surface area (Å²) in [5.74, 6) is 0.191. The summed E-state index contributed by atoms with van der Waals surface area (Å²) in [5, 5.41) is 14.3. The van der Waals surface area contributed by atoms with Crippen LogP contribution in [0.2, 0.25) is 0 Å². The lowest BCUT2D eigenvalue weighted by Crippen LogP contribution is -2.39. The van der Waals surface area contributed by atoms with E-state index >= 15 is 0 Å². The van der Waals surface area contributed by atoms with Gasteiger partial charge in [-0.2, -0.15) is 5.10 Å². The van der Waals surface area contributed by atoms with Crippen LogP contribution < -0.4 is 4.72 Å². The lowest BCUT2D eigenvalue weighted by molar-refractivity contribution is 0.154. The predicted molar refractivity (Wildman–Crippen MR) is 79.3 cm³/mol. The van der Waals surface area contributed by atoms with Crippen LogP contribution in [0.4, 0.5) is 0 Å². The molecule has 118 valence electrons. The first kappa shape index (κ1) is 15.1. The summed E-state index contributed by atoms with van der Waals surface area (Å²) in [6.07, 6.45) is 6.83. The fraction of sp³-hybridized carbons (Fsp3) is 0.429. The fourth-order valence-corrected chi connectivity index (χ4v) is 4.09. The molecule has 8 heteroatoms. The Kier molecular flexibility index (Phi) is 4.23. The van der Waals surface area contributed by atoms with Gasteiger partial charge in [-0.15, -0.1) is 0 Å². The average molecular weight is 322 g/mol. The molecule has 0 saturated heterocycles. The van der Waals surface area contributed by atoms with Crippen molar-refractivity contribution in [1.29, 1.82) is 0 Å². The van der Waals surface area contributed by atoms with Crippen LogP contribution >= 0.6 is 0 Å². The normalized spacial score (nSPS) is 25.4. The van der Waals surface area contributed by atoms with Crippen molar-refractivity contribution in [2.45, 2.75) is 36.4 Å². The molecule has 0 spiro atoms. The summed E-state index contributed by atoms with van der Waals surface area (Å²) < 4.78 is 28.9. The molecule has 3 atom stereocenters. The van der Waals surface area contributed by atoms with E-state index in [-0.39, 0.29) is 10.8 Å². The highest BCUT2D eigenvalue weighted by molar-refractivity contribution is 7.89. The van der Waals surface area contributed by atoms with E-state index in [1.54, 1.807) is 16.9 Å². The Morgan fingerprint density at radius 2 is 2.18 bits per heavy atom. The molecule has 3 rings (SSSR count). The van der Waals surface area contributed by atoms with Crippen molar-refractivity contribution in [3.05, 3.63) is 43.0 Å². The van der Waals surface area contributed by atoms with E-state index in [2.05, 4.69) is 14.8 Å². The van der Waals surface area contributed by atoms with Gasteiger partial charge in [-0.1, -0.05) is 0 Å². The average Bonchev–Trinajstić information content (AvgIpc) is 3.11. The van der Waals surface area contributed by atoms with Crippen molar-refractivity contribution in [2.24, 2.45) is 5.92 Å². The van der Waals surface area contributed by atoms with Gasteiger partial charge in [0.15, 0.2) is 0 Å². The van der Waals surface area contributed by atoms with Gasteiger partial charge in [-0.25, -0.2) is 13.1 Å². The standard InChI is InChI=1S/C14H18N4O3S/c19-14-8-11(10-18-6-2-5-16-18)7-13(14)17-22(20,21)12-3-1-4-15-9-12/h1-6,9,11,13-14,17,19H,7-8,10H2/t11?,13-,14-/m1/s1. The highest BCUT2D eigenvalue weighted by Crippen LogP contribution is 2.28. The molecule has 1 unspecified atom stereocenters. The number of aliphatic hydroxyl groups is 1. The van der Waals surface area contributed by atoms with Crippen molar-refractivity contribution in [1.82, 2.24) is 19.5 Å². The zero-order valence-corrected chi connectivity index (χ0v) is 12.7. The maximum absolute atomic E-state index is 12.3. The van der Waals surface area contributed by atoms with Gasteiger partial charge in [-0.3, -0.25) is 9.67 Å². The lowest BCUT2D eigenvalue weighted by atomic mass is 10.1. The number of nitrogens with one attached hydrogen (secondary N) is 1. The minimum Gasteiger partial charge on any atom is -0.391 e. The number of pyridine rings is 1. The second kappa shape index (κ2) is 6.15. The molecular weight excluding hydrogens is 304 g/mol. The van der Waals surface area contributed by atoms with Crippen LogP contribution in [0.3, 0.4) is 0 Å². The molecule has 0 bridgehead atoms. The molecule has 2 heterocycles. The number of sulfonamides is 1. The maximum Gasteiger partial charge on any atom is 0.242 e. The molecule has 22 heavy (non-hydrogen) atoms. The van der Waals surface area contributed by atoms with Crippen LogP contribution in [-0.4, -0.2) is 40.4 Å². The number of aliphatic hydroxyl groups excluding tert-OH is 1. The Balaban J connectivity index is 1.66. The summed E-state index contributed by atoms with van der Waals surface area (Å²) in [6, 6.07) is 4.41. The molecule has 2 aromatic heterocycles. The third kappa shape index (κ3) is 3.34. The zero-order valence-electron chi connectivity index (χ0n) is 11.9. The number of nitrogens with zero attached hydrogens (tertiary/aromatic N) is 3. The SMILES string of the molecule is O=S(=O)(N[C@@H]1CC(Cn2cccn2)C[C@H]1O)c1cccnc1. The van der Waals surface area contributed by atoms with E-state index < -0.39 is 22.2 Å². The van der Waals surface area contributed by atoms with E-state index in [9.17, 15) is 13.5 Å². The molecule has 7 nitrogen and oxygen atoms in total. The molecule has 1 aliphatic rings. The van der Waals surface area contributed by atoms with Crippen LogP contribution in [0.5, 0.6) is 0 Å². The topological polar surface area (TPSA) is 97.1 Å². The van der Waals surface area contributed by atoms with Gasteiger partial charge >= 0.3 is 0 Å². The van der Waals surface area contributed by atoms with Crippen LogP contribution in [0.15, 0.2) is 47.9 Å². The molecule has 2 N–H and O–H groups in total. The Morgan fingerprint density at radius 1 is 1.32 bits per heavy atom. The summed E-state index contributed by atoms with van der Waals surface area (Å²) in [7, 11) is -3.66. The van der Waals surface area contributed by atoms with Crippen LogP contribution in [0, 0.1) is 5.92 Å². The quantitative estimate of drug-likeness (QED) is 0.830. The second-order valence-corrected chi connectivity index (χ2v) is 7.26. The molecule has 2 aromatic rings. The van der Waals surface area contributed by atoms with Crippen molar-refractivity contribution in [2.75, 3.05) is 0 Å². The molecular formula is C14H18N4O3S. The first-order chi connectivity index (χ1) is 10.5. The zero-order chi connectivity index (χ0) is 15.6. The van der Waals surface area contributed by atoms with Gasteiger partial charge in [0, 0.05) is 37.4 Å². The Hall–Kier alpha value is -1.77. The molecule has 0 radical (unpaired) electrons. The van der Waals surface area contributed by atoms with Crippen molar-refractivity contribution in [3.8, 4) is 0 Å². The van der Waals surface area contributed by atoms with Crippen molar-refractivity contribution < 1.29 is 13.5 Å². The number of rotatable bonds is 5. The Bertz CT molecular complexity index is 703. The molecule has 1 saturated carbocycles. The minimum absolute atomic E-state index is 0.109. The van der Waals surface area contributed by atoms with Gasteiger partial charge in [0.2, 0.25) is 10.0 Å². The first-order valence-electron chi connectivity index (χ1n) is 7.12. The third-order valence-electron chi connectivity index (χ3n) is 3.88. The highest BCUT2D eigenvalue weighted by Gasteiger charge is 2.36. The summed E-state index contributed by atoms with van der Waals surface area (Å²) in [5.41, 5.74) is 0. The van der Waals surface area contributed by atoms with Gasteiger partial charge in [0.05, 0.1) is 6.10 Å². The predicted octanol–water partition coefficient (Wildman–Crippen LogP) is 0.396. The van der Waals surface area contributed by atoms with Crippen LogP contribution in [0.25, 0.3) is 0 Å². The van der Waals surface area contributed by atoms with E-state index in [1.165, 1.54) is 18.5 Å². The summed E-state index contributed by atoms with van der Waals surface area (Å²) >= 11 is 0. The number of hydrogen-bond donors (Lipinski definition) is 2. The molecule has 0 aliphatic heterocycles. The number of hydrogen-bond acceptors (Lipinski definition) is 5. The molecule has 1 aliphatic carbocycles.